The molecule has 17 heavy (non-hydrogen) atoms. The van der Waals surface area contributed by atoms with Crippen LogP contribution in [0.25, 0.3) is 0 Å². The van der Waals surface area contributed by atoms with Crippen LogP contribution in [0.3, 0.4) is 0 Å². The second kappa shape index (κ2) is 5.34. The van der Waals surface area contributed by atoms with E-state index in [0.717, 1.165) is 18.7 Å². The highest BCUT2D eigenvalue weighted by Crippen LogP contribution is 2.14. The van der Waals surface area contributed by atoms with E-state index in [1.54, 1.807) is 6.20 Å². The molecule has 1 aromatic heterocycles. The fourth-order valence-electron chi connectivity index (χ4n) is 1.72. The van der Waals surface area contributed by atoms with Gasteiger partial charge in [-0.15, -0.1) is 0 Å². The molecule has 2 aromatic rings. The highest BCUT2D eigenvalue weighted by atomic mass is 15.1. The fraction of sp³-hybridized carbons (Fsp3) is 0.214. The molecule has 3 nitrogen and oxygen atoms in total. The summed E-state index contributed by atoms with van der Waals surface area (Å²) in [6, 6.07) is 12.4. The highest BCUT2D eigenvalue weighted by Gasteiger charge is 2.01. The summed E-state index contributed by atoms with van der Waals surface area (Å²) in [5.41, 5.74) is 8.82. The average molecular weight is 227 g/mol. The van der Waals surface area contributed by atoms with E-state index in [0.29, 0.717) is 5.69 Å². The molecule has 0 aliphatic carbocycles. The van der Waals surface area contributed by atoms with Crippen molar-refractivity contribution in [1.82, 2.24) is 4.98 Å². The topological polar surface area (TPSA) is 42.2 Å². The summed E-state index contributed by atoms with van der Waals surface area (Å²) in [6.45, 7) is 0.954. The van der Waals surface area contributed by atoms with Gasteiger partial charge in [0.15, 0.2) is 0 Å². The van der Waals surface area contributed by atoms with E-state index in [1.807, 2.05) is 18.3 Å². The molecule has 88 valence electrons. The van der Waals surface area contributed by atoms with E-state index in [2.05, 4.69) is 41.2 Å². The summed E-state index contributed by atoms with van der Waals surface area (Å²) in [7, 11) is 2.05. The monoisotopic (exact) mass is 227 g/mol. The van der Waals surface area contributed by atoms with Gasteiger partial charge >= 0.3 is 0 Å². The number of nitrogen functional groups attached to an aromatic ring is 1. The lowest BCUT2D eigenvalue weighted by molar-refractivity contribution is 0.874. The lowest BCUT2D eigenvalue weighted by atomic mass is 10.1. The van der Waals surface area contributed by atoms with Crippen LogP contribution in [-0.4, -0.2) is 18.6 Å². The molecule has 0 aliphatic rings. The number of rotatable bonds is 4. The standard InChI is InChI=1S/C14H17N3/c1-17(14-9-13(15)10-16-11-14)8-7-12-5-3-2-4-6-12/h2-6,9-11H,7-8,15H2,1H3. The number of likely N-dealkylation sites (N-methyl/N-ethyl adjacent to an activating group) is 1. The predicted molar refractivity (Wildman–Crippen MR) is 72.1 cm³/mol. The maximum atomic E-state index is 5.71. The molecule has 1 heterocycles. The van der Waals surface area contributed by atoms with Crippen molar-refractivity contribution >= 4 is 11.4 Å². The zero-order valence-corrected chi connectivity index (χ0v) is 10.0. The minimum atomic E-state index is 0.703. The Morgan fingerprint density at radius 1 is 1.18 bits per heavy atom. The minimum absolute atomic E-state index is 0.703. The first-order valence-electron chi connectivity index (χ1n) is 5.71. The van der Waals surface area contributed by atoms with Crippen LogP contribution in [-0.2, 0) is 6.42 Å². The van der Waals surface area contributed by atoms with Gasteiger partial charge in [-0.05, 0) is 18.1 Å². The van der Waals surface area contributed by atoms with E-state index in [1.165, 1.54) is 5.56 Å². The van der Waals surface area contributed by atoms with Gasteiger partial charge in [0, 0.05) is 19.8 Å². The Bertz CT molecular complexity index is 468. The van der Waals surface area contributed by atoms with E-state index in [-0.39, 0.29) is 0 Å². The molecule has 0 unspecified atom stereocenters. The van der Waals surface area contributed by atoms with Gasteiger partial charge in [-0.1, -0.05) is 30.3 Å². The lowest BCUT2D eigenvalue weighted by Crippen LogP contribution is -2.20. The molecular weight excluding hydrogens is 210 g/mol. The molecule has 0 saturated carbocycles. The van der Waals surface area contributed by atoms with Gasteiger partial charge in [-0.2, -0.15) is 0 Å². The minimum Gasteiger partial charge on any atom is -0.397 e. The second-order valence-electron chi connectivity index (χ2n) is 4.13. The van der Waals surface area contributed by atoms with Crippen molar-refractivity contribution in [1.29, 1.82) is 0 Å². The molecule has 0 fully saturated rings. The maximum absolute atomic E-state index is 5.71. The number of anilines is 2. The van der Waals surface area contributed by atoms with Gasteiger partial charge in [0.05, 0.1) is 17.6 Å². The first-order valence-corrected chi connectivity index (χ1v) is 5.71. The predicted octanol–water partition coefficient (Wildman–Crippen LogP) is 2.34. The molecule has 0 radical (unpaired) electrons. The van der Waals surface area contributed by atoms with Crippen molar-refractivity contribution in [2.45, 2.75) is 6.42 Å². The van der Waals surface area contributed by atoms with Gasteiger partial charge in [-0.3, -0.25) is 4.98 Å². The third-order valence-electron chi connectivity index (χ3n) is 2.76. The van der Waals surface area contributed by atoms with Gasteiger partial charge in [0.2, 0.25) is 0 Å². The zero-order chi connectivity index (χ0) is 12.1. The van der Waals surface area contributed by atoms with Crippen LogP contribution < -0.4 is 10.6 Å². The van der Waals surface area contributed by atoms with Crippen molar-refractivity contribution in [2.75, 3.05) is 24.2 Å². The highest BCUT2D eigenvalue weighted by molar-refractivity contribution is 5.52. The largest absolute Gasteiger partial charge is 0.397 e. The number of benzene rings is 1. The Kier molecular flexibility index (Phi) is 3.60. The number of aromatic nitrogens is 1. The summed E-state index contributed by atoms with van der Waals surface area (Å²) in [5.74, 6) is 0. The van der Waals surface area contributed by atoms with Gasteiger partial charge in [0.1, 0.15) is 0 Å². The molecule has 0 spiro atoms. The van der Waals surface area contributed by atoms with Crippen molar-refractivity contribution < 1.29 is 0 Å². The average Bonchev–Trinajstić information content (AvgIpc) is 2.37. The normalized spacial score (nSPS) is 10.2. The molecule has 0 bridgehead atoms. The van der Waals surface area contributed by atoms with Crippen LogP contribution >= 0.6 is 0 Å². The Hall–Kier alpha value is -2.03. The van der Waals surface area contributed by atoms with Crippen LogP contribution in [0.1, 0.15) is 5.56 Å². The molecule has 0 amide bonds. The molecular formula is C14H17N3. The fourth-order valence-corrected chi connectivity index (χ4v) is 1.72. The van der Waals surface area contributed by atoms with Gasteiger partial charge in [-0.25, -0.2) is 0 Å². The summed E-state index contributed by atoms with van der Waals surface area (Å²) < 4.78 is 0. The lowest BCUT2D eigenvalue weighted by Gasteiger charge is -2.19. The number of hydrogen-bond acceptors (Lipinski definition) is 3. The van der Waals surface area contributed by atoms with E-state index in [4.69, 9.17) is 5.73 Å². The van der Waals surface area contributed by atoms with Crippen molar-refractivity contribution in [3.05, 3.63) is 54.4 Å². The molecule has 3 heteroatoms. The summed E-state index contributed by atoms with van der Waals surface area (Å²) >= 11 is 0. The molecule has 1 aromatic carbocycles. The summed E-state index contributed by atoms with van der Waals surface area (Å²) in [5, 5.41) is 0. The van der Waals surface area contributed by atoms with E-state index < -0.39 is 0 Å². The Balaban J connectivity index is 1.96. The zero-order valence-electron chi connectivity index (χ0n) is 10.0. The third kappa shape index (κ3) is 3.21. The summed E-state index contributed by atoms with van der Waals surface area (Å²) in [4.78, 5) is 6.26. The van der Waals surface area contributed by atoms with Gasteiger partial charge in [0.25, 0.3) is 0 Å². The maximum Gasteiger partial charge on any atom is 0.0570 e. The molecule has 2 rings (SSSR count). The number of nitrogens with two attached hydrogens (primary N) is 1. The van der Waals surface area contributed by atoms with Crippen LogP contribution in [0.2, 0.25) is 0 Å². The first-order chi connectivity index (χ1) is 8.25. The van der Waals surface area contributed by atoms with Crippen molar-refractivity contribution in [3.63, 3.8) is 0 Å². The summed E-state index contributed by atoms with van der Waals surface area (Å²) in [6.07, 6.45) is 4.52. The Morgan fingerprint density at radius 2 is 1.94 bits per heavy atom. The third-order valence-corrected chi connectivity index (χ3v) is 2.76. The van der Waals surface area contributed by atoms with Crippen LogP contribution in [0.5, 0.6) is 0 Å². The van der Waals surface area contributed by atoms with Crippen molar-refractivity contribution in [2.24, 2.45) is 0 Å². The van der Waals surface area contributed by atoms with E-state index >= 15 is 0 Å². The number of pyridine rings is 1. The van der Waals surface area contributed by atoms with Crippen LogP contribution in [0.4, 0.5) is 11.4 Å². The number of nitrogens with zero attached hydrogens (tertiary/aromatic N) is 2. The van der Waals surface area contributed by atoms with Crippen LogP contribution in [0, 0.1) is 0 Å². The molecule has 0 aliphatic heterocycles. The smallest absolute Gasteiger partial charge is 0.0570 e. The first kappa shape index (κ1) is 11.5. The molecule has 0 saturated heterocycles. The number of hydrogen-bond donors (Lipinski definition) is 1. The van der Waals surface area contributed by atoms with Crippen LogP contribution in [0.15, 0.2) is 48.8 Å². The van der Waals surface area contributed by atoms with E-state index in [9.17, 15) is 0 Å². The molecule has 2 N–H and O–H groups in total. The van der Waals surface area contributed by atoms with Gasteiger partial charge < -0.3 is 10.6 Å². The molecule has 0 atom stereocenters. The SMILES string of the molecule is CN(CCc1ccccc1)c1cncc(N)c1. The van der Waals surface area contributed by atoms with Crippen molar-refractivity contribution in [3.8, 4) is 0 Å². The Labute approximate surface area is 102 Å². The Morgan fingerprint density at radius 3 is 2.65 bits per heavy atom. The second-order valence-corrected chi connectivity index (χ2v) is 4.13. The quantitative estimate of drug-likeness (QED) is 0.871.